The molecule has 2 atom stereocenters. The monoisotopic (exact) mass is 197 g/mol. The number of carbonyl (C=O) groups is 1. The van der Waals surface area contributed by atoms with Crippen molar-refractivity contribution in [1.29, 1.82) is 0 Å². The lowest BCUT2D eigenvalue weighted by Crippen LogP contribution is -2.38. The summed E-state index contributed by atoms with van der Waals surface area (Å²) in [5, 5.41) is 9.69. The van der Waals surface area contributed by atoms with Gasteiger partial charge in [-0.3, -0.25) is 4.79 Å². The van der Waals surface area contributed by atoms with E-state index in [1.165, 1.54) is 0 Å². The summed E-state index contributed by atoms with van der Waals surface area (Å²) in [5.74, 6) is 0.0742. The van der Waals surface area contributed by atoms with Crippen LogP contribution in [0.5, 0.6) is 0 Å². The largest absolute Gasteiger partial charge is 0.391 e. The van der Waals surface area contributed by atoms with Crippen LogP contribution in [-0.4, -0.2) is 34.6 Å². The number of likely N-dealkylation sites (tertiary alicyclic amines) is 1. The lowest BCUT2D eigenvalue weighted by atomic mass is 10.0. The van der Waals surface area contributed by atoms with Crippen LogP contribution in [0.15, 0.2) is 12.7 Å². The number of hydrogen-bond donors (Lipinski definition) is 1. The van der Waals surface area contributed by atoms with Gasteiger partial charge in [0, 0.05) is 13.5 Å². The van der Waals surface area contributed by atoms with Crippen LogP contribution >= 0.6 is 0 Å². The number of aliphatic hydroxyl groups excluding tert-OH is 1. The lowest BCUT2D eigenvalue weighted by molar-refractivity contribution is -0.130. The molecule has 1 heterocycles. The van der Waals surface area contributed by atoms with Crippen LogP contribution in [0, 0.1) is 0 Å². The summed E-state index contributed by atoms with van der Waals surface area (Å²) in [6, 6.07) is 0.0347. The molecule has 0 saturated carbocycles. The maximum atomic E-state index is 11.2. The summed E-state index contributed by atoms with van der Waals surface area (Å²) in [5.41, 5.74) is 0. The van der Waals surface area contributed by atoms with Gasteiger partial charge in [-0.25, -0.2) is 0 Å². The molecular formula is C11H19NO2. The van der Waals surface area contributed by atoms with Crippen LogP contribution in [-0.2, 0) is 4.79 Å². The van der Waals surface area contributed by atoms with Crippen LogP contribution in [0.1, 0.15) is 32.6 Å². The summed E-state index contributed by atoms with van der Waals surface area (Å²) in [4.78, 5) is 13.0. The van der Waals surface area contributed by atoms with Crippen molar-refractivity contribution >= 4 is 5.91 Å². The van der Waals surface area contributed by atoms with Crippen LogP contribution in [0.4, 0.5) is 0 Å². The third-order valence-electron chi connectivity index (χ3n) is 2.82. The molecule has 1 amide bonds. The van der Waals surface area contributed by atoms with Crippen LogP contribution in [0.3, 0.4) is 0 Å². The van der Waals surface area contributed by atoms with Crippen molar-refractivity contribution in [2.45, 2.75) is 44.8 Å². The number of hydrogen-bond acceptors (Lipinski definition) is 2. The molecule has 0 radical (unpaired) electrons. The first-order chi connectivity index (χ1) is 6.66. The predicted octanol–water partition coefficient (Wildman–Crippen LogP) is 1.32. The van der Waals surface area contributed by atoms with Gasteiger partial charge in [-0.15, -0.1) is 6.58 Å². The first-order valence-electron chi connectivity index (χ1n) is 5.23. The van der Waals surface area contributed by atoms with E-state index in [1.54, 1.807) is 11.8 Å². The molecule has 0 aromatic carbocycles. The van der Waals surface area contributed by atoms with E-state index in [0.717, 1.165) is 25.7 Å². The summed E-state index contributed by atoms with van der Waals surface area (Å²) in [7, 11) is 0. The number of unbranched alkanes of at least 4 members (excludes halogenated alkanes) is 1. The summed E-state index contributed by atoms with van der Waals surface area (Å²) < 4.78 is 0. The highest BCUT2D eigenvalue weighted by Crippen LogP contribution is 2.22. The van der Waals surface area contributed by atoms with Gasteiger partial charge >= 0.3 is 0 Å². The standard InChI is InChI=1S/C11H19NO2/c1-3-4-5-6-10-11(14)7-8-12(10)9(2)13/h3,10-11,14H,1,4-8H2,2H3. The third-order valence-corrected chi connectivity index (χ3v) is 2.82. The molecule has 0 spiro atoms. The number of nitrogens with zero attached hydrogens (tertiary/aromatic N) is 1. The SMILES string of the molecule is C=CCCCC1C(O)CCN1C(C)=O. The third kappa shape index (κ3) is 2.58. The van der Waals surface area contributed by atoms with Crippen molar-refractivity contribution in [2.75, 3.05) is 6.54 Å². The zero-order valence-corrected chi connectivity index (χ0v) is 8.78. The summed E-state index contributed by atoms with van der Waals surface area (Å²) in [6.07, 6.45) is 5.10. The molecule has 0 aromatic heterocycles. The van der Waals surface area contributed by atoms with Crippen molar-refractivity contribution < 1.29 is 9.90 Å². The topological polar surface area (TPSA) is 40.5 Å². The zero-order chi connectivity index (χ0) is 10.6. The Kier molecular flexibility index (Phi) is 4.14. The molecule has 3 nitrogen and oxygen atoms in total. The molecule has 80 valence electrons. The fourth-order valence-corrected chi connectivity index (χ4v) is 2.05. The molecule has 1 N–H and O–H groups in total. The number of aliphatic hydroxyl groups is 1. The van der Waals surface area contributed by atoms with E-state index >= 15 is 0 Å². The number of rotatable bonds is 4. The molecule has 0 aromatic rings. The minimum Gasteiger partial charge on any atom is -0.391 e. The number of amides is 1. The van der Waals surface area contributed by atoms with E-state index in [0.29, 0.717) is 6.54 Å². The molecule has 1 rings (SSSR count). The summed E-state index contributed by atoms with van der Waals surface area (Å²) in [6.45, 7) is 5.93. The first-order valence-corrected chi connectivity index (χ1v) is 5.23. The van der Waals surface area contributed by atoms with Gasteiger partial charge in [0.1, 0.15) is 0 Å². The summed E-state index contributed by atoms with van der Waals surface area (Å²) >= 11 is 0. The zero-order valence-electron chi connectivity index (χ0n) is 8.78. The highest BCUT2D eigenvalue weighted by molar-refractivity contribution is 5.74. The van der Waals surface area contributed by atoms with E-state index in [4.69, 9.17) is 0 Å². The number of allylic oxidation sites excluding steroid dienone is 1. The van der Waals surface area contributed by atoms with Crippen LogP contribution in [0.2, 0.25) is 0 Å². The Morgan fingerprint density at radius 1 is 1.71 bits per heavy atom. The average Bonchev–Trinajstić information content (AvgIpc) is 2.48. The van der Waals surface area contributed by atoms with E-state index in [1.807, 2.05) is 6.08 Å². The van der Waals surface area contributed by atoms with Crippen molar-refractivity contribution in [3.63, 3.8) is 0 Å². The van der Waals surface area contributed by atoms with Crippen LogP contribution in [0.25, 0.3) is 0 Å². The Balaban J connectivity index is 2.45. The number of carbonyl (C=O) groups excluding carboxylic acids is 1. The average molecular weight is 197 g/mol. The Morgan fingerprint density at radius 2 is 2.43 bits per heavy atom. The minimum atomic E-state index is -0.330. The second-order valence-electron chi connectivity index (χ2n) is 3.86. The van der Waals surface area contributed by atoms with Crippen molar-refractivity contribution in [3.8, 4) is 0 Å². The van der Waals surface area contributed by atoms with Crippen LogP contribution < -0.4 is 0 Å². The Hall–Kier alpha value is -0.830. The first kappa shape index (κ1) is 11.2. The maximum Gasteiger partial charge on any atom is 0.219 e. The van der Waals surface area contributed by atoms with E-state index in [-0.39, 0.29) is 18.1 Å². The molecule has 3 heteroatoms. The smallest absolute Gasteiger partial charge is 0.219 e. The lowest BCUT2D eigenvalue weighted by Gasteiger charge is -2.24. The highest BCUT2D eigenvalue weighted by atomic mass is 16.3. The molecule has 1 aliphatic rings. The normalized spacial score (nSPS) is 26.6. The van der Waals surface area contributed by atoms with E-state index in [2.05, 4.69) is 6.58 Å². The van der Waals surface area contributed by atoms with Gasteiger partial charge in [-0.05, 0) is 25.7 Å². The highest BCUT2D eigenvalue weighted by Gasteiger charge is 2.33. The van der Waals surface area contributed by atoms with Gasteiger partial charge in [0.05, 0.1) is 12.1 Å². The van der Waals surface area contributed by atoms with Gasteiger partial charge in [-0.1, -0.05) is 6.08 Å². The fourth-order valence-electron chi connectivity index (χ4n) is 2.05. The van der Waals surface area contributed by atoms with E-state index in [9.17, 15) is 9.90 Å². The van der Waals surface area contributed by atoms with Crippen molar-refractivity contribution in [3.05, 3.63) is 12.7 Å². The van der Waals surface area contributed by atoms with Crippen molar-refractivity contribution in [2.24, 2.45) is 0 Å². The Morgan fingerprint density at radius 3 is 3.00 bits per heavy atom. The molecule has 1 saturated heterocycles. The minimum absolute atomic E-state index is 0.0347. The van der Waals surface area contributed by atoms with Gasteiger partial charge in [0.2, 0.25) is 5.91 Å². The van der Waals surface area contributed by atoms with Gasteiger partial charge in [0.25, 0.3) is 0 Å². The Labute approximate surface area is 85.4 Å². The molecule has 0 bridgehead atoms. The second-order valence-corrected chi connectivity index (χ2v) is 3.86. The van der Waals surface area contributed by atoms with Gasteiger partial charge < -0.3 is 10.0 Å². The van der Waals surface area contributed by atoms with E-state index < -0.39 is 0 Å². The second kappa shape index (κ2) is 5.15. The maximum absolute atomic E-state index is 11.2. The molecule has 2 unspecified atom stereocenters. The molecule has 1 aliphatic heterocycles. The van der Waals surface area contributed by atoms with Crippen molar-refractivity contribution in [1.82, 2.24) is 4.90 Å². The predicted molar refractivity (Wildman–Crippen MR) is 55.8 cm³/mol. The Bertz CT molecular complexity index is 215. The quantitative estimate of drug-likeness (QED) is 0.545. The fraction of sp³-hybridized carbons (Fsp3) is 0.727. The molecular weight excluding hydrogens is 178 g/mol. The molecule has 1 fully saturated rings. The van der Waals surface area contributed by atoms with Gasteiger partial charge in [0.15, 0.2) is 0 Å². The molecule has 0 aliphatic carbocycles. The molecule has 14 heavy (non-hydrogen) atoms. The van der Waals surface area contributed by atoms with Gasteiger partial charge in [-0.2, -0.15) is 0 Å².